The molecule has 1 saturated carbocycles. The van der Waals surface area contributed by atoms with Crippen molar-refractivity contribution >= 4 is 23.2 Å². The van der Waals surface area contributed by atoms with E-state index in [1.165, 1.54) is 4.90 Å². The molecule has 2 unspecified atom stereocenters. The van der Waals surface area contributed by atoms with Crippen LogP contribution >= 0.6 is 0 Å². The molecule has 0 bridgehead atoms. The third-order valence-corrected chi connectivity index (χ3v) is 5.79. The molecule has 1 saturated heterocycles. The number of nitro groups is 1. The third-order valence-electron chi connectivity index (χ3n) is 5.79. The Morgan fingerprint density at radius 1 is 0.875 bits per heavy atom. The van der Waals surface area contributed by atoms with Gasteiger partial charge in [-0.1, -0.05) is 12.8 Å². The molecule has 2 atom stereocenters. The highest BCUT2D eigenvalue weighted by molar-refractivity contribution is 6.23. The van der Waals surface area contributed by atoms with Crippen LogP contribution in [0.4, 0.5) is 11.4 Å². The molecule has 0 aromatic heterocycles. The standard InChI is InChI=1S/C18H22N2O4/c1-9-11(3)16(20(23)24)12(4)10(2)15(9)19-17(21)13-7-5-6-8-14(13)18(19)22/h13-14H,5-8H2,1-4H3. The van der Waals surface area contributed by atoms with Crippen molar-refractivity contribution in [3.8, 4) is 0 Å². The second-order valence-corrected chi connectivity index (χ2v) is 6.96. The van der Waals surface area contributed by atoms with E-state index >= 15 is 0 Å². The Morgan fingerprint density at radius 2 is 1.29 bits per heavy atom. The van der Waals surface area contributed by atoms with E-state index in [0.29, 0.717) is 27.9 Å². The van der Waals surface area contributed by atoms with Crippen molar-refractivity contribution in [2.75, 3.05) is 4.90 Å². The molecule has 128 valence electrons. The Morgan fingerprint density at radius 3 is 1.67 bits per heavy atom. The first kappa shape index (κ1) is 16.6. The van der Waals surface area contributed by atoms with Crippen LogP contribution < -0.4 is 4.90 Å². The molecule has 1 aliphatic carbocycles. The van der Waals surface area contributed by atoms with E-state index in [4.69, 9.17) is 0 Å². The number of hydrogen-bond donors (Lipinski definition) is 0. The number of amides is 2. The predicted molar refractivity (Wildman–Crippen MR) is 90.0 cm³/mol. The maximum Gasteiger partial charge on any atom is 0.275 e. The number of nitrogens with zero attached hydrogens (tertiary/aromatic N) is 2. The smallest absolute Gasteiger partial charge is 0.274 e. The predicted octanol–water partition coefficient (Wildman–Crippen LogP) is 3.51. The third kappa shape index (κ3) is 2.16. The number of benzene rings is 1. The topological polar surface area (TPSA) is 80.5 Å². The fraction of sp³-hybridized carbons (Fsp3) is 0.556. The lowest BCUT2D eigenvalue weighted by molar-refractivity contribution is -0.386. The van der Waals surface area contributed by atoms with Gasteiger partial charge in [-0.05, 0) is 51.7 Å². The van der Waals surface area contributed by atoms with Crippen molar-refractivity contribution in [1.29, 1.82) is 0 Å². The second kappa shape index (κ2) is 5.69. The summed E-state index contributed by atoms with van der Waals surface area (Å²) in [5.41, 5.74) is 2.96. The van der Waals surface area contributed by atoms with E-state index in [-0.39, 0.29) is 34.3 Å². The van der Waals surface area contributed by atoms with Crippen molar-refractivity contribution in [2.24, 2.45) is 11.8 Å². The fourth-order valence-corrected chi connectivity index (χ4v) is 4.26. The molecule has 24 heavy (non-hydrogen) atoms. The van der Waals surface area contributed by atoms with Gasteiger partial charge in [0.25, 0.3) is 5.69 Å². The zero-order chi connectivity index (χ0) is 17.8. The highest BCUT2D eigenvalue weighted by Gasteiger charge is 2.49. The van der Waals surface area contributed by atoms with Crippen molar-refractivity contribution in [3.05, 3.63) is 32.4 Å². The minimum atomic E-state index is -0.387. The summed E-state index contributed by atoms with van der Waals surface area (Å²) < 4.78 is 0. The van der Waals surface area contributed by atoms with Crippen LogP contribution in [-0.2, 0) is 9.59 Å². The normalized spacial score (nSPS) is 23.6. The summed E-state index contributed by atoms with van der Waals surface area (Å²) >= 11 is 0. The monoisotopic (exact) mass is 330 g/mol. The van der Waals surface area contributed by atoms with Crippen molar-refractivity contribution in [3.63, 3.8) is 0 Å². The average molecular weight is 330 g/mol. The van der Waals surface area contributed by atoms with Gasteiger partial charge in [0.05, 0.1) is 22.4 Å². The Balaban J connectivity index is 2.18. The summed E-state index contributed by atoms with van der Waals surface area (Å²) in [6.45, 7) is 6.88. The summed E-state index contributed by atoms with van der Waals surface area (Å²) in [7, 11) is 0. The lowest BCUT2D eigenvalue weighted by atomic mass is 9.81. The van der Waals surface area contributed by atoms with Crippen molar-refractivity contribution in [2.45, 2.75) is 53.4 Å². The lowest BCUT2D eigenvalue weighted by Gasteiger charge is -2.23. The van der Waals surface area contributed by atoms with Gasteiger partial charge in [0.2, 0.25) is 11.8 Å². The molecule has 0 N–H and O–H groups in total. The highest BCUT2D eigenvalue weighted by Crippen LogP contribution is 2.44. The maximum absolute atomic E-state index is 12.9. The van der Waals surface area contributed by atoms with Crippen molar-refractivity contribution < 1.29 is 14.5 Å². The highest BCUT2D eigenvalue weighted by atomic mass is 16.6. The summed E-state index contributed by atoms with van der Waals surface area (Å²) in [5, 5.41) is 11.4. The fourth-order valence-electron chi connectivity index (χ4n) is 4.26. The Bertz CT molecular complexity index is 716. The van der Waals surface area contributed by atoms with Gasteiger partial charge in [-0.15, -0.1) is 0 Å². The van der Waals surface area contributed by atoms with Gasteiger partial charge in [-0.25, -0.2) is 4.90 Å². The first-order chi connectivity index (χ1) is 11.3. The summed E-state index contributed by atoms with van der Waals surface area (Å²) in [6, 6.07) is 0. The van der Waals surface area contributed by atoms with Crippen LogP contribution in [0.25, 0.3) is 0 Å². The van der Waals surface area contributed by atoms with Gasteiger partial charge in [0.1, 0.15) is 0 Å². The number of rotatable bonds is 2. The van der Waals surface area contributed by atoms with Crippen LogP contribution in [0.2, 0.25) is 0 Å². The van der Waals surface area contributed by atoms with Crippen molar-refractivity contribution in [1.82, 2.24) is 0 Å². The Hall–Kier alpha value is -2.24. The number of nitro benzene ring substituents is 1. The van der Waals surface area contributed by atoms with Gasteiger partial charge in [0.15, 0.2) is 0 Å². The van der Waals surface area contributed by atoms with Gasteiger partial charge in [-0.3, -0.25) is 19.7 Å². The van der Waals surface area contributed by atoms with E-state index in [2.05, 4.69) is 0 Å². The van der Waals surface area contributed by atoms with E-state index in [9.17, 15) is 19.7 Å². The molecule has 2 amide bonds. The summed E-state index contributed by atoms with van der Waals surface area (Å²) in [4.78, 5) is 38.0. The first-order valence-electron chi connectivity index (χ1n) is 8.40. The van der Waals surface area contributed by atoms with E-state index in [1.807, 2.05) is 0 Å². The average Bonchev–Trinajstić information content (AvgIpc) is 2.79. The number of fused-ring (bicyclic) bond motifs is 1. The van der Waals surface area contributed by atoms with E-state index in [0.717, 1.165) is 25.7 Å². The number of carbonyl (C=O) groups excluding carboxylic acids is 2. The molecule has 2 fully saturated rings. The summed E-state index contributed by atoms with van der Waals surface area (Å²) in [6.07, 6.45) is 3.47. The largest absolute Gasteiger partial charge is 0.275 e. The van der Waals surface area contributed by atoms with Crippen LogP contribution in [0.5, 0.6) is 0 Å². The first-order valence-corrected chi connectivity index (χ1v) is 8.40. The second-order valence-electron chi connectivity index (χ2n) is 6.96. The van der Waals surface area contributed by atoms with Gasteiger partial charge in [0, 0.05) is 11.1 Å². The number of anilines is 1. The molecule has 2 aliphatic rings. The Kier molecular flexibility index (Phi) is 3.94. The van der Waals surface area contributed by atoms with Crippen LogP contribution in [0.15, 0.2) is 0 Å². The van der Waals surface area contributed by atoms with Crippen LogP contribution in [0.3, 0.4) is 0 Å². The summed E-state index contributed by atoms with van der Waals surface area (Å²) in [5.74, 6) is -0.714. The number of imide groups is 1. The molecule has 6 heteroatoms. The molecular weight excluding hydrogens is 308 g/mol. The minimum absolute atomic E-state index is 0.0743. The van der Waals surface area contributed by atoms with Gasteiger partial charge in [-0.2, -0.15) is 0 Å². The van der Waals surface area contributed by atoms with Crippen LogP contribution in [-0.4, -0.2) is 16.7 Å². The molecule has 1 aliphatic heterocycles. The molecular formula is C18H22N2O4. The molecule has 0 radical (unpaired) electrons. The molecule has 1 heterocycles. The SMILES string of the molecule is Cc1c(C)c([N+](=O)[O-])c(C)c(C)c1N1C(=O)C2CCCCC2C1=O. The molecule has 1 aromatic carbocycles. The van der Waals surface area contributed by atoms with Crippen LogP contribution in [0, 0.1) is 49.6 Å². The maximum atomic E-state index is 12.9. The lowest BCUT2D eigenvalue weighted by Crippen LogP contribution is -2.32. The molecule has 1 aromatic rings. The van der Waals surface area contributed by atoms with Crippen LogP contribution in [0.1, 0.15) is 47.9 Å². The number of carbonyl (C=O) groups is 2. The van der Waals surface area contributed by atoms with Gasteiger partial charge < -0.3 is 0 Å². The van der Waals surface area contributed by atoms with E-state index in [1.54, 1.807) is 27.7 Å². The minimum Gasteiger partial charge on any atom is -0.274 e. The molecule has 3 rings (SSSR count). The molecule has 0 spiro atoms. The van der Waals surface area contributed by atoms with E-state index < -0.39 is 0 Å². The Labute approximate surface area is 141 Å². The molecule has 6 nitrogen and oxygen atoms in total. The zero-order valence-electron chi connectivity index (χ0n) is 14.5. The quantitative estimate of drug-likeness (QED) is 0.472. The van der Waals surface area contributed by atoms with Gasteiger partial charge >= 0.3 is 0 Å². The number of hydrogen-bond acceptors (Lipinski definition) is 4. The zero-order valence-corrected chi connectivity index (χ0v) is 14.5.